The van der Waals surface area contributed by atoms with Crippen molar-refractivity contribution in [2.75, 3.05) is 0 Å². The Bertz CT molecular complexity index is 811. The predicted molar refractivity (Wildman–Crippen MR) is 122 cm³/mol. The maximum atomic E-state index is 11.3. The van der Waals surface area contributed by atoms with Crippen molar-refractivity contribution in [3.8, 4) is 0 Å². The number of aliphatic carboxylic acids is 2. The van der Waals surface area contributed by atoms with Gasteiger partial charge in [0.25, 0.3) is 0 Å². The van der Waals surface area contributed by atoms with Gasteiger partial charge in [0, 0.05) is 40.6 Å². The molecule has 2 rings (SSSR count). The van der Waals surface area contributed by atoms with Crippen molar-refractivity contribution in [3.05, 3.63) is 72.2 Å². The molecular weight excluding hydrogens is 468 g/mol. The molecular formula is C24H30FeN2O6. The van der Waals surface area contributed by atoms with Gasteiger partial charge in [0.05, 0.1) is 0 Å². The van der Waals surface area contributed by atoms with E-state index >= 15 is 0 Å². The Morgan fingerprint density at radius 1 is 0.758 bits per heavy atom. The van der Waals surface area contributed by atoms with Crippen LogP contribution in [0.4, 0.5) is 0 Å². The van der Waals surface area contributed by atoms with Crippen molar-refractivity contribution >= 4 is 23.5 Å². The van der Waals surface area contributed by atoms with Crippen LogP contribution >= 0.6 is 0 Å². The maximum absolute atomic E-state index is 11.3. The summed E-state index contributed by atoms with van der Waals surface area (Å²) in [6, 6.07) is -1.27. The molecule has 2 aliphatic carbocycles. The van der Waals surface area contributed by atoms with Gasteiger partial charge in [-0.25, -0.2) is 9.59 Å². The molecule has 9 heteroatoms. The van der Waals surface area contributed by atoms with Gasteiger partial charge in [-0.3, -0.25) is 9.59 Å². The summed E-state index contributed by atoms with van der Waals surface area (Å²) in [5.74, 6) is -2.03. The maximum Gasteiger partial charge on any atom is 0.326 e. The van der Waals surface area contributed by atoms with Crippen LogP contribution < -0.4 is 10.6 Å². The predicted octanol–water partition coefficient (Wildman–Crippen LogP) is 2.81. The number of nitrogens with one attached hydrogen (secondary N) is 2. The number of ketones is 2. The molecule has 0 aromatic heterocycles. The standard InChI is InChI=1S/2C12H15NO3.Fe/c2*1-2-5-10(12(15)16)13-8-9-6-3-4-7-11(9)14;/h2*3-4,6-8,10,13H,2,5H2,1H3,(H,15,16);. The molecule has 0 heterocycles. The molecule has 2 aliphatic rings. The zero-order chi connectivity index (χ0) is 23.9. The molecule has 0 aromatic rings. The first-order valence-electron chi connectivity index (χ1n) is 10.5. The fourth-order valence-electron chi connectivity index (χ4n) is 2.71. The minimum atomic E-state index is -0.901. The summed E-state index contributed by atoms with van der Waals surface area (Å²) in [5.41, 5.74) is 0.953. The number of allylic oxidation sites excluding steroid dienone is 10. The Hall–Kier alpha value is -3.16. The van der Waals surface area contributed by atoms with Gasteiger partial charge in [-0.2, -0.15) is 0 Å². The molecule has 33 heavy (non-hydrogen) atoms. The summed E-state index contributed by atoms with van der Waals surface area (Å²) >= 11 is 0. The van der Waals surface area contributed by atoms with Crippen LogP contribution in [-0.4, -0.2) is 45.8 Å². The number of hydrogen-bond acceptors (Lipinski definition) is 6. The zero-order valence-electron chi connectivity index (χ0n) is 18.6. The largest absolute Gasteiger partial charge is 0.480 e. The Kier molecular flexibility index (Phi) is 14.9. The van der Waals surface area contributed by atoms with Gasteiger partial charge in [-0.15, -0.1) is 0 Å². The van der Waals surface area contributed by atoms with Crippen molar-refractivity contribution in [1.82, 2.24) is 10.6 Å². The van der Waals surface area contributed by atoms with Crippen LogP contribution in [0.2, 0.25) is 0 Å². The quantitative estimate of drug-likeness (QED) is 0.267. The van der Waals surface area contributed by atoms with Crippen molar-refractivity contribution in [2.45, 2.75) is 51.6 Å². The van der Waals surface area contributed by atoms with Gasteiger partial charge in [0.15, 0.2) is 11.6 Å². The van der Waals surface area contributed by atoms with Gasteiger partial charge in [-0.05, 0) is 37.1 Å². The number of carbonyl (C=O) groups excluding carboxylic acids is 2. The van der Waals surface area contributed by atoms with Crippen molar-refractivity contribution in [1.29, 1.82) is 0 Å². The summed E-state index contributed by atoms with van der Waals surface area (Å²) in [6.45, 7) is 3.83. The van der Waals surface area contributed by atoms with Gasteiger partial charge >= 0.3 is 11.9 Å². The summed E-state index contributed by atoms with van der Waals surface area (Å²) < 4.78 is 0. The van der Waals surface area contributed by atoms with E-state index in [9.17, 15) is 19.2 Å². The average Bonchev–Trinajstić information content (AvgIpc) is 2.76. The molecule has 0 fully saturated rings. The van der Waals surface area contributed by atoms with E-state index in [1.165, 1.54) is 24.6 Å². The van der Waals surface area contributed by atoms with Crippen LogP contribution in [0.3, 0.4) is 0 Å². The van der Waals surface area contributed by atoms with Crippen LogP contribution in [0.1, 0.15) is 39.5 Å². The van der Waals surface area contributed by atoms with Crippen LogP contribution in [0.15, 0.2) is 72.2 Å². The Labute approximate surface area is 204 Å². The first kappa shape index (κ1) is 29.8. The van der Waals surface area contributed by atoms with E-state index in [2.05, 4.69) is 10.6 Å². The third-order valence-corrected chi connectivity index (χ3v) is 4.47. The second-order valence-electron chi connectivity index (χ2n) is 7.06. The van der Waals surface area contributed by atoms with Gasteiger partial charge in [0.1, 0.15) is 12.1 Å². The van der Waals surface area contributed by atoms with E-state index in [0.717, 1.165) is 12.8 Å². The van der Waals surface area contributed by atoms with Gasteiger partial charge < -0.3 is 20.8 Å². The fourth-order valence-corrected chi connectivity index (χ4v) is 2.71. The molecule has 0 spiro atoms. The van der Waals surface area contributed by atoms with E-state index in [1.54, 1.807) is 36.5 Å². The normalized spacial score (nSPS) is 18.2. The van der Waals surface area contributed by atoms with Crippen LogP contribution in [0.5, 0.6) is 0 Å². The number of carboxylic acid groups (broad SMARTS) is 2. The number of carbonyl (C=O) groups is 4. The second kappa shape index (κ2) is 16.5. The topological polar surface area (TPSA) is 133 Å². The summed E-state index contributed by atoms with van der Waals surface area (Å²) in [4.78, 5) is 44.4. The second-order valence-corrected chi connectivity index (χ2v) is 7.06. The van der Waals surface area contributed by atoms with E-state index < -0.39 is 24.0 Å². The molecule has 0 radical (unpaired) electrons. The van der Waals surface area contributed by atoms with Gasteiger partial charge in [-0.1, -0.05) is 51.0 Å². The Morgan fingerprint density at radius 3 is 1.36 bits per heavy atom. The van der Waals surface area contributed by atoms with E-state index in [-0.39, 0.29) is 28.6 Å². The third-order valence-electron chi connectivity index (χ3n) is 4.47. The van der Waals surface area contributed by atoms with E-state index in [4.69, 9.17) is 10.2 Å². The Balaban J connectivity index is 0.000000602. The molecule has 0 amide bonds. The van der Waals surface area contributed by atoms with Crippen molar-refractivity contribution in [3.63, 3.8) is 0 Å². The van der Waals surface area contributed by atoms with E-state index in [1.807, 2.05) is 13.8 Å². The van der Waals surface area contributed by atoms with Crippen LogP contribution in [0, 0.1) is 0 Å². The molecule has 0 bridgehead atoms. The van der Waals surface area contributed by atoms with Crippen molar-refractivity contribution in [2.24, 2.45) is 0 Å². The zero-order valence-corrected chi connectivity index (χ0v) is 19.7. The summed E-state index contributed by atoms with van der Waals surface area (Å²) in [6.07, 6.45) is 18.5. The van der Waals surface area contributed by atoms with Crippen LogP contribution in [0.25, 0.3) is 0 Å². The number of rotatable bonds is 10. The average molecular weight is 498 g/mol. The monoisotopic (exact) mass is 498 g/mol. The molecule has 0 aromatic carbocycles. The minimum Gasteiger partial charge on any atom is -0.480 e. The summed E-state index contributed by atoms with van der Waals surface area (Å²) in [5, 5.41) is 23.3. The molecule has 2 atom stereocenters. The molecule has 2 unspecified atom stereocenters. The Morgan fingerprint density at radius 2 is 1.09 bits per heavy atom. The van der Waals surface area contributed by atoms with E-state index in [0.29, 0.717) is 24.0 Å². The number of hydrogen-bond donors (Lipinski definition) is 4. The number of carboxylic acids is 2. The first-order valence-corrected chi connectivity index (χ1v) is 10.5. The minimum absolute atomic E-state index is 0. The smallest absolute Gasteiger partial charge is 0.326 e. The molecule has 0 saturated carbocycles. The van der Waals surface area contributed by atoms with Gasteiger partial charge in [0.2, 0.25) is 0 Å². The van der Waals surface area contributed by atoms with Crippen molar-refractivity contribution < 1.29 is 46.5 Å². The first-order chi connectivity index (χ1) is 15.3. The third kappa shape index (κ3) is 11.3. The molecule has 0 saturated heterocycles. The molecule has 0 aliphatic heterocycles. The van der Waals surface area contributed by atoms with Crippen LogP contribution in [-0.2, 0) is 36.2 Å². The fraction of sp³-hybridized carbons (Fsp3) is 0.333. The molecule has 8 nitrogen and oxygen atoms in total. The molecule has 180 valence electrons. The molecule has 4 N–H and O–H groups in total. The SMILES string of the molecule is CCCC(NC=C1C=CC=CC1=O)C(=O)O.CCCC(NC=C1C=CC=CC1=O)C(=O)O.[Fe]. The summed E-state index contributed by atoms with van der Waals surface area (Å²) in [7, 11) is 0.